The minimum absolute atomic E-state index is 0.0187. The van der Waals surface area contributed by atoms with Crippen molar-refractivity contribution in [1.29, 1.82) is 0 Å². The lowest BCUT2D eigenvalue weighted by Crippen LogP contribution is -2.49. The minimum Gasteiger partial charge on any atom is -0.336 e. The Kier molecular flexibility index (Phi) is 8.05. The highest BCUT2D eigenvalue weighted by molar-refractivity contribution is 5.95. The van der Waals surface area contributed by atoms with Crippen LogP contribution >= 0.6 is 0 Å². The number of carbonyl (C=O) groups is 3. The number of nitrogens with one attached hydrogen (secondary N) is 1. The van der Waals surface area contributed by atoms with Gasteiger partial charge in [-0.1, -0.05) is 12.1 Å². The molecule has 1 N–H and O–H groups in total. The number of aryl methyl sites for hydroxylation is 1. The van der Waals surface area contributed by atoms with Crippen LogP contribution in [0.25, 0.3) is 0 Å². The smallest absolute Gasteiger partial charge is 0.319 e. The number of benzene rings is 1. The maximum atomic E-state index is 12.8. The lowest BCUT2D eigenvalue weighted by atomic mass is 9.95. The van der Waals surface area contributed by atoms with Crippen molar-refractivity contribution in [3.63, 3.8) is 0 Å². The second-order valence-corrected chi connectivity index (χ2v) is 7.71. The molecule has 29 heavy (non-hydrogen) atoms. The normalized spacial score (nSPS) is 14.4. The zero-order chi connectivity index (χ0) is 21.6. The van der Waals surface area contributed by atoms with Crippen LogP contribution in [0.5, 0.6) is 0 Å². The molecule has 1 saturated heterocycles. The Morgan fingerprint density at radius 1 is 1.10 bits per heavy atom. The fraction of sp³-hybridized carbons (Fsp3) is 0.591. The second-order valence-electron chi connectivity index (χ2n) is 7.71. The van der Waals surface area contributed by atoms with E-state index in [0.717, 1.165) is 16.8 Å². The van der Waals surface area contributed by atoms with Crippen LogP contribution in [-0.4, -0.2) is 72.3 Å². The number of nitrogens with zero attached hydrogens (tertiary/aromatic N) is 3. The van der Waals surface area contributed by atoms with Gasteiger partial charge < -0.3 is 20.0 Å². The molecular formula is C22H34N4O3. The third kappa shape index (κ3) is 5.71. The molecule has 0 spiro atoms. The van der Waals surface area contributed by atoms with E-state index in [2.05, 4.69) is 5.32 Å². The number of hydrogen-bond acceptors (Lipinski definition) is 3. The molecule has 0 atom stereocenters. The topological polar surface area (TPSA) is 73.0 Å². The van der Waals surface area contributed by atoms with Gasteiger partial charge in [-0.05, 0) is 57.7 Å². The molecule has 1 aliphatic rings. The van der Waals surface area contributed by atoms with Gasteiger partial charge in [0.05, 0.1) is 6.54 Å². The highest BCUT2D eigenvalue weighted by Crippen LogP contribution is 2.21. The standard InChI is InChI=1S/C22H34N4O3/c1-6-25(7-2)22(29)26-13-11-18(12-14-26)21(28)24(5)15-20(27)23-19-10-8-9-16(3)17(19)4/h8-10,18H,6-7,11-15H2,1-5H3,(H,23,27). The monoisotopic (exact) mass is 402 g/mol. The number of hydrogen-bond donors (Lipinski definition) is 1. The van der Waals surface area contributed by atoms with E-state index >= 15 is 0 Å². The van der Waals surface area contributed by atoms with Gasteiger partial charge in [0.25, 0.3) is 0 Å². The molecule has 1 aromatic carbocycles. The van der Waals surface area contributed by atoms with Gasteiger partial charge in [-0.25, -0.2) is 4.79 Å². The number of urea groups is 1. The molecule has 0 aliphatic carbocycles. The first-order valence-corrected chi connectivity index (χ1v) is 10.4. The van der Waals surface area contributed by atoms with Crippen LogP contribution in [0.1, 0.15) is 37.8 Å². The molecule has 160 valence electrons. The van der Waals surface area contributed by atoms with E-state index in [1.165, 1.54) is 4.90 Å². The van der Waals surface area contributed by atoms with Crippen molar-refractivity contribution < 1.29 is 14.4 Å². The van der Waals surface area contributed by atoms with E-state index in [9.17, 15) is 14.4 Å². The molecule has 1 heterocycles. The van der Waals surface area contributed by atoms with Crippen LogP contribution in [0.3, 0.4) is 0 Å². The van der Waals surface area contributed by atoms with Crippen molar-refractivity contribution in [2.45, 2.75) is 40.5 Å². The maximum absolute atomic E-state index is 12.8. The van der Waals surface area contributed by atoms with Crippen molar-refractivity contribution in [2.75, 3.05) is 45.1 Å². The predicted octanol–water partition coefficient (Wildman–Crippen LogP) is 2.87. The summed E-state index contributed by atoms with van der Waals surface area (Å²) >= 11 is 0. The molecule has 4 amide bonds. The molecule has 0 aromatic heterocycles. The van der Waals surface area contributed by atoms with Gasteiger partial charge in [0.1, 0.15) is 0 Å². The summed E-state index contributed by atoms with van der Waals surface area (Å²) in [7, 11) is 1.67. The molecule has 0 bridgehead atoms. The number of rotatable bonds is 6. The van der Waals surface area contributed by atoms with Crippen LogP contribution in [0, 0.1) is 19.8 Å². The number of piperidine rings is 1. The fourth-order valence-corrected chi connectivity index (χ4v) is 3.69. The predicted molar refractivity (Wildman–Crippen MR) is 115 cm³/mol. The zero-order valence-electron chi connectivity index (χ0n) is 18.3. The SMILES string of the molecule is CCN(CC)C(=O)N1CCC(C(=O)N(C)CC(=O)Nc2cccc(C)c2C)CC1. The average molecular weight is 403 g/mol. The third-order valence-electron chi connectivity index (χ3n) is 5.78. The summed E-state index contributed by atoms with van der Waals surface area (Å²) in [4.78, 5) is 42.7. The van der Waals surface area contributed by atoms with Crippen LogP contribution in [0.2, 0.25) is 0 Å². The summed E-state index contributed by atoms with van der Waals surface area (Å²) in [6.45, 7) is 10.4. The van der Waals surface area contributed by atoms with Gasteiger partial charge in [-0.2, -0.15) is 0 Å². The third-order valence-corrected chi connectivity index (χ3v) is 5.78. The molecule has 0 radical (unpaired) electrons. The molecule has 1 aromatic rings. The molecule has 0 unspecified atom stereocenters. The Labute approximate surface area is 174 Å². The quantitative estimate of drug-likeness (QED) is 0.795. The van der Waals surface area contributed by atoms with Crippen LogP contribution in [0.4, 0.5) is 10.5 Å². The second kappa shape index (κ2) is 10.3. The van der Waals surface area contributed by atoms with Crippen LogP contribution in [-0.2, 0) is 9.59 Å². The van der Waals surface area contributed by atoms with Gasteiger partial charge in [0.15, 0.2) is 0 Å². The van der Waals surface area contributed by atoms with Gasteiger partial charge >= 0.3 is 6.03 Å². The summed E-state index contributed by atoms with van der Waals surface area (Å²) in [5.41, 5.74) is 2.91. The van der Waals surface area contributed by atoms with E-state index in [1.807, 2.05) is 50.8 Å². The number of amides is 4. The van der Waals surface area contributed by atoms with E-state index in [0.29, 0.717) is 39.0 Å². The molecular weight excluding hydrogens is 368 g/mol. The van der Waals surface area contributed by atoms with Crippen LogP contribution in [0.15, 0.2) is 18.2 Å². The largest absolute Gasteiger partial charge is 0.336 e. The van der Waals surface area contributed by atoms with Crippen LogP contribution < -0.4 is 5.32 Å². The Hall–Kier alpha value is -2.57. The van der Waals surface area contributed by atoms with E-state index < -0.39 is 0 Å². The molecule has 1 aliphatic heterocycles. The summed E-state index contributed by atoms with van der Waals surface area (Å²) in [5.74, 6) is -0.381. The molecule has 7 nitrogen and oxygen atoms in total. The van der Waals surface area contributed by atoms with E-state index in [1.54, 1.807) is 11.9 Å². The van der Waals surface area contributed by atoms with Gasteiger partial charge in [0.2, 0.25) is 11.8 Å². The Morgan fingerprint density at radius 2 is 1.72 bits per heavy atom. The molecule has 2 rings (SSSR count). The van der Waals surface area contributed by atoms with Crippen molar-refractivity contribution in [3.05, 3.63) is 29.3 Å². The Bertz CT molecular complexity index is 738. The first-order valence-electron chi connectivity index (χ1n) is 10.4. The number of likely N-dealkylation sites (N-methyl/N-ethyl adjacent to an activating group) is 1. The number of likely N-dealkylation sites (tertiary alicyclic amines) is 1. The van der Waals surface area contributed by atoms with Crippen molar-refractivity contribution in [3.8, 4) is 0 Å². The van der Waals surface area contributed by atoms with Gasteiger partial charge in [-0.3, -0.25) is 9.59 Å². The average Bonchev–Trinajstić information content (AvgIpc) is 2.71. The lowest BCUT2D eigenvalue weighted by molar-refractivity contribution is -0.138. The number of carbonyl (C=O) groups excluding carboxylic acids is 3. The Balaban J connectivity index is 1.85. The van der Waals surface area contributed by atoms with Crippen molar-refractivity contribution in [1.82, 2.24) is 14.7 Å². The summed E-state index contributed by atoms with van der Waals surface area (Å²) in [6, 6.07) is 5.81. The highest BCUT2D eigenvalue weighted by Gasteiger charge is 2.30. The van der Waals surface area contributed by atoms with E-state index in [4.69, 9.17) is 0 Å². The first kappa shape index (κ1) is 22.7. The zero-order valence-corrected chi connectivity index (χ0v) is 18.3. The molecule has 0 saturated carbocycles. The van der Waals surface area contributed by atoms with Gasteiger partial charge in [-0.15, -0.1) is 0 Å². The summed E-state index contributed by atoms with van der Waals surface area (Å²) in [5, 5.41) is 2.90. The van der Waals surface area contributed by atoms with Crippen molar-refractivity contribution in [2.24, 2.45) is 5.92 Å². The fourth-order valence-electron chi connectivity index (χ4n) is 3.69. The number of anilines is 1. The summed E-state index contributed by atoms with van der Waals surface area (Å²) < 4.78 is 0. The Morgan fingerprint density at radius 3 is 2.31 bits per heavy atom. The van der Waals surface area contributed by atoms with Crippen molar-refractivity contribution >= 4 is 23.5 Å². The maximum Gasteiger partial charge on any atom is 0.319 e. The first-order chi connectivity index (χ1) is 13.8. The lowest BCUT2D eigenvalue weighted by Gasteiger charge is -2.35. The van der Waals surface area contributed by atoms with E-state index in [-0.39, 0.29) is 30.3 Å². The van der Waals surface area contributed by atoms with Gasteiger partial charge in [0, 0.05) is 44.8 Å². The molecule has 7 heteroatoms. The minimum atomic E-state index is -0.205. The summed E-state index contributed by atoms with van der Waals surface area (Å²) in [6.07, 6.45) is 1.27. The highest BCUT2D eigenvalue weighted by atomic mass is 16.2. The molecule has 1 fully saturated rings.